The van der Waals surface area contributed by atoms with Gasteiger partial charge in [0.1, 0.15) is 0 Å². The van der Waals surface area contributed by atoms with Crippen LogP contribution in [0.1, 0.15) is 26.2 Å². The number of nitrogens with zero attached hydrogens (tertiary/aromatic N) is 1. The van der Waals surface area contributed by atoms with Crippen molar-refractivity contribution >= 4 is 32.1 Å². The molecule has 0 unspecified atom stereocenters. The second-order valence-corrected chi connectivity index (χ2v) is 6.79. The highest BCUT2D eigenvalue weighted by atomic mass is 32.2. The minimum absolute atomic E-state index is 0.132. The van der Waals surface area contributed by atoms with Gasteiger partial charge in [0.15, 0.2) is 0 Å². The zero-order valence-corrected chi connectivity index (χ0v) is 13.2. The molecule has 1 saturated heterocycles. The number of rotatable bonds is 2. The lowest BCUT2D eigenvalue weighted by Gasteiger charge is -1.98. The van der Waals surface area contributed by atoms with Gasteiger partial charge < -0.3 is 0 Å². The van der Waals surface area contributed by atoms with E-state index in [1.54, 1.807) is 6.92 Å². The Hall–Kier alpha value is -1.29. The summed E-state index contributed by atoms with van der Waals surface area (Å²) in [6, 6.07) is 0. The highest BCUT2D eigenvalue weighted by molar-refractivity contribution is 7.86. The van der Waals surface area contributed by atoms with Crippen LogP contribution in [0.25, 0.3) is 0 Å². The van der Waals surface area contributed by atoms with Crippen molar-refractivity contribution in [2.45, 2.75) is 31.7 Å². The second-order valence-electron chi connectivity index (χ2n) is 3.81. The number of amides is 2. The molecule has 0 radical (unpaired) electrons. The summed E-state index contributed by atoms with van der Waals surface area (Å²) in [5, 5.41) is 8.57. The molecule has 1 fully saturated rings. The number of hydroxylamine groups is 2. The van der Waals surface area contributed by atoms with Gasteiger partial charge in [0, 0.05) is 12.8 Å². The third kappa shape index (κ3) is 11.9. The Morgan fingerprint density at radius 2 is 1.35 bits per heavy atom. The lowest BCUT2D eigenvalue weighted by atomic mass is 10.4. The Labute approximate surface area is 129 Å². The first-order valence-corrected chi connectivity index (χ1v) is 8.61. The highest BCUT2D eigenvalue weighted by Gasteiger charge is 2.44. The zero-order valence-electron chi connectivity index (χ0n) is 11.5. The molecule has 0 bridgehead atoms. The van der Waals surface area contributed by atoms with E-state index in [4.69, 9.17) is 22.7 Å². The van der Waals surface area contributed by atoms with Crippen molar-refractivity contribution in [1.29, 1.82) is 0 Å². The molecule has 0 atom stereocenters. The van der Waals surface area contributed by atoms with Crippen LogP contribution in [0.4, 0.5) is 13.2 Å². The fourth-order valence-electron chi connectivity index (χ4n) is 0.823. The van der Waals surface area contributed by atoms with Gasteiger partial charge in [0.2, 0.25) is 0 Å². The average Bonchev–Trinajstić information content (AvgIpc) is 2.58. The maximum atomic E-state index is 10.7. The van der Waals surface area contributed by atoms with E-state index in [-0.39, 0.29) is 23.7 Å². The first-order valence-electron chi connectivity index (χ1n) is 5.56. The normalized spacial score (nSPS) is 15.5. The van der Waals surface area contributed by atoms with Gasteiger partial charge in [-0.15, -0.1) is 0 Å². The van der Waals surface area contributed by atoms with Crippen LogP contribution in [0.15, 0.2) is 0 Å². The molecule has 0 aromatic heterocycles. The number of carbonyl (C=O) groups is 2. The van der Waals surface area contributed by atoms with Crippen molar-refractivity contribution in [3.8, 4) is 0 Å². The first-order chi connectivity index (χ1) is 10.0. The molecule has 0 aromatic rings. The molecule has 10 nitrogen and oxygen atoms in total. The summed E-state index contributed by atoms with van der Waals surface area (Å²) < 4.78 is 85.1. The van der Waals surface area contributed by atoms with Crippen LogP contribution in [0.2, 0.25) is 0 Å². The predicted molar refractivity (Wildman–Crippen MR) is 67.2 cm³/mol. The van der Waals surface area contributed by atoms with Crippen molar-refractivity contribution in [2.75, 3.05) is 5.75 Å². The quantitative estimate of drug-likeness (QED) is 0.259. The number of alkyl halides is 3. The van der Waals surface area contributed by atoms with Crippen molar-refractivity contribution < 1.29 is 53.9 Å². The van der Waals surface area contributed by atoms with E-state index < -0.39 is 37.6 Å². The standard InChI is InChI=1S/C4H5NO3.C3H8O3S.CHF3O3S/c6-3-1-2-4(7)5(3)8;1-2-3-7(4,5)6;2-1(3,4)8(5,6)7/h8H,1-2H2;2-3H2,1H3,(H,4,5,6);(H,5,6,7). The van der Waals surface area contributed by atoms with Gasteiger partial charge in [-0.1, -0.05) is 6.92 Å². The van der Waals surface area contributed by atoms with E-state index in [2.05, 4.69) is 0 Å². The maximum Gasteiger partial charge on any atom is 0.522 e. The van der Waals surface area contributed by atoms with Gasteiger partial charge in [-0.05, 0) is 6.42 Å². The molecule has 1 aliphatic heterocycles. The number of halogens is 3. The molecule has 138 valence electrons. The lowest BCUT2D eigenvalue weighted by molar-refractivity contribution is -0.171. The van der Waals surface area contributed by atoms with Gasteiger partial charge in [0.05, 0.1) is 5.75 Å². The summed E-state index contributed by atoms with van der Waals surface area (Å²) in [6.07, 6.45) is 0.767. The Morgan fingerprint density at radius 3 is 1.39 bits per heavy atom. The molecular weight excluding hydrogens is 375 g/mol. The van der Waals surface area contributed by atoms with Crippen LogP contribution in [0.3, 0.4) is 0 Å². The topological polar surface area (TPSA) is 166 Å². The Kier molecular flexibility index (Phi) is 9.50. The Bertz CT molecular complexity index is 595. The monoisotopic (exact) mass is 389 g/mol. The van der Waals surface area contributed by atoms with Crippen molar-refractivity contribution in [2.24, 2.45) is 0 Å². The smallest absolute Gasteiger partial charge is 0.286 e. The molecule has 1 aliphatic rings. The van der Waals surface area contributed by atoms with Gasteiger partial charge in [-0.2, -0.15) is 35.1 Å². The van der Waals surface area contributed by atoms with E-state index in [0.717, 1.165) is 0 Å². The number of carbonyl (C=O) groups excluding carboxylic acids is 2. The van der Waals surface area contributed by atoms with E-state index in [0.29, 0.717) is 6.42 Å². The van der Waals surface area contributed by atoms with Crippen LogP contribution < -0.4 is 0 Å². The van der Waals surface area contributed by atoms with Gasteiger partial charge in [-0.3, -0.25) is 23.9 Å². The van der Waals surface area contributed by atoms with E-state index in [1.165, 1.54) is 0 Å². The minimum Gasteiger partial charge on any atom is -0.286 e. The number of hydrogen-bond acceptors (Lipinski definition) is 7. The Morgan fingerprint density at radius 1 is 1.04 bits per heavy atom. The fraction of sp³-hybridized carbons (Fsp3) is 0.750. The molecule has 1 heterocycles. The van der Waals surface area contributed by atoms with Gasteiger partial charge in [0.25, 0.3) is 21.9 Å². The summed E-state index contributed by atoms with van der Waals surface area (Å²) in [5.74, 6) is -1.14. The summed E-state index contributed by atoms with van der Waals surface area (Å²) in [6.45, 7) is 1.69. The van der Waals surface area contributed by atoms with Crippen molar-refractivity contribution in [3.05, 3.63) is 0 Å². The second kappa shape index (κ2) is 9.11. The molecule has 1 rings (SSSR count). The average molecular weight is 389 g/mol. The van der Waals surface area contributed by atoms with Crippen LogP contribution in [-0.2, 0) is 29.8 Å². The zero-order chi connectivity index (χ0) is 19.1. The fourth-order valence-corrected chi connectivity index (χ4v) is 1.34. The molecule has 0 aromatic carbocycles. The molecular formula is C8H14F3NO9S2. The van der Waals surface area contributed by atoms with Gasteiger partial charge in [-0.25, -0.2) is 0 Å². The third-order valence-electron chi connectivity index (χ3n) is 1.78. The molecule has 23 heavy (non-hydrogen) atoms. The number of hydrogen-bond donors (Lipinski definition) is 3. The van der Waals surface area contributed by atoms with E-state index in [9.17, 15) is 31.2 Å². The van der Waals surface area contributed by atoms with E-state index >= 15 is 0 Å². The van der Waals surface area contributed by atoms with Crippen molar-refractivity contribution in [3.63, 3.8) is 0 Å². The molecule has 3 N–H and O–H groups in total. The van der Waals surface area contributed by atoms with Crippen LogP contribution >= 0.6 is 0 Å². The van der Waals surface area contributed by atoms with Crippen LogP contribution in [0, 0.1) is 0 Å². The van der Waals surface area contributed by atoms with E-state index in [1.807, 2.05) is 0 Å². The third-order valence-corrected chi connectivity index (χ3v) is 3.29. The Balaban J connectivity index is 0. The molecule has 0 aliphatic carbocycles. The van der Waals surface area contributed by atoms with Crippen LogP contribution in [0.5, 0.6) is 0 Å². The largest absolute Gasteiger partial charge is 0.522 e. The summed E-state index contributed by atoms with van der Waals surface area (Å²) in [5.41, 5.74) is -5.53. The molecule has 0 spiro atoms. The maximum absolute atomic E-state index is 10.7. The van der Waals surface area contributed by atoms with Gasteiger partial charge >= 0.3 is 15.6 Å². The highest BCUT2D eigenvalue weighted by Crippen LogP contribution is 2.20. The SMILES string of the molecule is CCCS(=O)(=O)O.O=C1CCC(=O)N1O.O=S(=O)(O)C(F)(F)F. The minimum atomic E-state index is -5.84. The molecule has 15 heteroatoms. The van der Waals surface area contributed by atoms with Crippen molar-refractivity contribution in [1.82, 2.24) is 5.06 Å². The summed E-state index contributed by atoms with van der Waals surface area (Å²) >= 11 is 0. The molecule has 2 amide bonds. The van der Waals surface area contributed by atoms with Crippen LogP contribution in [-0.4, -0.2) is 59.3 Å². The predicted octanol–water partition coefficient (Wildman–Crippen LogP) is 0.203. The number of imide groups is 1. The molecule has 0 saturated carbocycles. The first kappa shape index (κ1) is 24.0. The summed E-state index contributed by atoms with van der Waals surface area (Å²) in [7, 11) is -9.51. The summed E-state index contributed by atoms with van der Waals surface area (Å²) in [4.78, 5) is 20.5. The lowest BCUT2D eigenvalue weighted by Crippen LogP contribution is -2.24.